The predicted molar refractivity (Wildman–Crippen MR) is 162 cm³/mol. The first kappa shape index (κ1) is 28.5. The fourth-order valence-corrected chi connectivity index (χ4v) is 4.62. The fourth-order valence-electron chi connectivity index (χ4n) is 4.62. The number of nitrogens with zero attached hydrogens (tertiary/aromatic N) is 2. The van der Waals surface area contributed by atoms with E-state index in [-0.39, 0.29) is 11.6 Å². The van der Waals surface area contributed by atoms with Crippen LogP contribution in [0.15, 0.2) is 91.7 Å². The van der Waals surface area contributed by atoms with Crippen LogP contribution in [0.2, 0.25) is 0 Å². The van der Waals surface area contributed by atoms with Crippen LogP contribution in [0.25, 0.3) is 22.3 Å². The topological polar surface area (TPSA) is 61.9 Å². The number of pyridine rings is 2. The number of rotatable bonds is 12. The Balaban J connectivity index is 1.56. The quantitative estimate of drug-likeness (QED) is 0.168. The number of unbranched alkanes of at least 4 members (excludes halogenated alkanes) is 1. The highest BCUT2D eigenvalue weighted by atomic mass is 19.1. The van der Waals surface area contributed by atoms with Gasteiger partial charge in [0.25, 0.3) is 0 Å². The maximum Gasteiger partial charge on any atom is 0.147 e. The summed E-state index contributed by atoms with van der Waals surface area (Å²) in [5, 5.41) is 9.59. The lowest BCUT2D eigenvalue weighted by atomic mass is 9.99. The maximum atomic E-state index is 15.3. The zero-order chi connectivity index (χ0) is 28.6. The predicted octanol–water partition coefficient (Wildman–Crippen LogP) is 8.72. The van der Waals surface area contributed by atoms with Gasteiger partial charge in [0.1, 0.15) is 17.5 Å². The van der Waals surface area contributed by atoms with Crippen LogP contribution in [0.3, 0.4) is 0 Å². The average Bonchev–Trinajstić information content (AvgIpc) is 2.93. The normalized spacial score (nSPS) is 10.7. The molecule has 0 aliphatic carbocycles. The second-order valence-electron chi connectivity index (χ2n) is 9.78. The summed E-state index contributed by atoms with van der Waals surface area (Å²) in [6.07, 6.45) is 8.55. The zero-order valence-corrected chi connectivity index (χ0v) is 23.2. The first-order valence-corrected chi connectivity index (χ1v) is 13.4. The van der Waals surface area contributed by atoms with Crippen molar-refractivity contribution < 1.29 is 8.78 Å². The third kappa shape index (κ3) is 6.91. The molecule has 0 saturated carbocycles. The lowest BCUT2D eigenvalue weighted by Crippen LogP contribution is -2.08. The van der Waals surface area contributed by atoms with Crippen LogP contribution in [0, 0.1) is 18.6 Å². The Morgan fingerprint density at radius 2 is 1.68 bits per heavy atom. The Morgan fingerprint density at radius 1 is 0.900 bits per heavy atom. The third-order valence-corrected chi connectivity index (χ3v) is 6.70. The van der Waals surface area contributed by atoms with E-state index in [0.29, 0.717) is 29.2 Å². The third-order valence-electron chi connectivity index (χ3n) is 6.70. The Hall–Kier alpha value is -4.52. The molecule has 206 valence electrons. The summed E-state index contributed by atoms with van der Waals surface area (Å²) in [7, 11) is 1.70. The van der Waals surface area contributed by atoms with Gasteiger partial charge in [0.15, 0.2) is 0 Å². The van der Waals surface area contributed by atoms with E-state index in [9.17, 15) is 4.39 Å². The Bertz CT molecular complexity index is 1510. The minimum Gasteiger partial charge on any atom is -0.386 e. The van der Waals surface area contributed by atoms with Crippen molar-refractivity contribution in [3.63, 3.8) is 0 Å². The minimum atomic E-state index is -0.360. The molecule has 0 atom stereocenters. The highest BCUT2D eigenvalue weighted by molar-refractivity contribution is 5.73. The van der Waals surface area contributed by atoms with Crippen molar-refractivity contribution in [1.82, 2.24) is 9.97 Å². The average molecular weight is 540 g/mol. The molecular formula is C33H35F2N5. The van der Waals surface area contributed by atoms with Gasteiger partial charge in [-0.1, -0.05) is 38.6 Å². The smallest absolute Gasteiger partial charge is 0.147 e. The molecule has 0 aliphatic heterocycles. The van der Waals surface area contributed by atoms with Gasteiger partial charge in [-0.3, -0.25) is 4.98 Å². The minimum absolute atomic E-state index is 0.284. The van der Waals surface area contributed by atoms with Crippen molar-refractivity contribution in [2.45, 2.75) is 39.5 Å². The number of hydrogen-bond acceptors (Lipinski definition) is 5. The molecule has 0 bridgehead atoms. The molecule has 3 N–H and O–H groups in total. The molecule has 0 unspecified atom stereocenters. The van der Waals surface area contributed by atoms with Crippen LogP contribution < -0.4 is 16.0 Å². The van der Waals surface area contributed by atoms with E-state index >= 15 is 4.39 Å². The molecule has 0 fully saturated rings. The van der Waals surface area contributed by atoms with E-state index in [4.69, 9.17) is 0 Å². The number of allylic oxidation sites excluding steroid dienone is 2. The van der Waals surface area contributed by atoms with Gasteiger partial charge in [0.2, 0.25) is 0 Å². The van der Waals surface area contributed by atoms with Crippen molar-refractivity contribution in [1.29, 1.82) is 0 Å². The number of hydrogen-bond donors (Lipinski definition) is 3. The molecule has 7 heteroatoms. The SMILES string of the molecule is C=C(CCCC)Nc1cncc(-c2cc(F)c(NC)c(CC(=C)Nc3nccc(-c4ccc(F)cc4)c3C)c2)c1. The molecule has 40 heavy (non-hydrogen) atoms. The van der Waals surface area contributed by atoms with Gasteiger partial charge < -0.3 is 16.0 Å². The van der Waals surface area contributed by atoms with Gasteiger partial charge in [0, 0.05) is 42.8 Å². The number of anilines is 3. The molecule has 0 amide bonds. The molecule has 5 nitrogen and oxygen atoms in total. The van der Waals surface area contributed by atoms with E-state index in [1.807, 2.05) is 25.1 Å². The highest BCUT2D eigenvalue weighted by Crippen LogP contribution is 2.32. The van der Waals surface area contributed by atoms with Crippen LogP contribution in [0.4, 0.5) is 26.0 Å². The van der Waals surface area contributed by atoms with Crippen LogP contribution in [-0.4, -0.2) is 17.0 Å². The van der Waals surface area contributed by atoms with Crippen LogP contribution in [0.1, 0.15) is 37.3 Å². The second-order valence-corrected chi connectivity index (χ2v) is 9.78. The van der Waals surface area contributed by atoms with E-state index < -0.39 is 0 Å². The number of halogens is 2. The molecule has 2 heterocycles. The standard InChI is InChI=1S/C33H35F2N5/c1-6-7-8-21(2)39-29-17-27(19-37-20-29)25-16-26(32(36-5)31(35)18-25)15-22(3)40-33-23(4)30(13-14-38-33)24-9-11-28(34)12-10-24/h9-14,16-20,36,39H,2-3,6-8,15H2,1,4-5H3,(H,38,40). The van der Waals surface area contributed by atoms with Gasteiger partial charge in [-0.05, 0) is 84.0 Å². The largest absolute Gasteiger partial charge is 0.386 e. The molecule has 0 radical (unpaired) electrons. The summed E-state index contributed by atoms with van der Waals surface area (Å²) in [6, 6.07) is 13.7. The van der Waals surface area contributed by atoms with Gasteiger partial charge in [-0.25, -0.2) is 13.8 Å². The van der Waals surface area contributed by atoms with E-state index in [1.165, 1.54) is 18.2 Å². The molecule has 0 saturated heterocycles. The second kappa shape index (κ2) is 13.0. The summed E-state index contributed by atoms with van der Waals surface area (Å²) in [6.45, 7) is 12.4. The summed E-state index contributed by atoms with van der Waals surface area (Å²) >= 11 is 0. The van der Waals surface area contributed by atoms with E-state index in [0.717, 1.165) is 58.5 Å². The van der Waals surface area contributed by atoms with Gasteiger partial charge in [-0.2, -0.15) is 0 Å². The summed E-state index contributed by atoms with van der Waals surface area (Å²) in [5.41, 5.74) is 7.77. The summed E-state index contributed by atoms with van der Waals surface area (Å²) in [5.74, 6) is -0.00458. The summed E-state index contributed by atoms with van der Waals surface area (Å²) in [4.78, 5) is 8.84. The van der Waals surface area contributed by atoms with Crippen LogP contribution in [-0.2, 0) is 6.42 Å². The molecule has 2 aromatic heterocycles. The Morgan fingerprint density at radius 3 is 2.40 bits per heavy atom. The van der Waals surface area contributed by atoms with Crippen molar-refractivity contribution in [3.8, 4) is 22.3 Å². The highest BCUT2D eigenvalue weighted by Gasteiger charge is 2.15. The van der Waals surface area contributed by atoms with Gasteiger partial charge in [-0.15, -0.1) is 0 Å². The van der Waals surface area contributed by atoms with E-state index in [1.54, 1.807) is 37.8 Å². The Kier molecular flexibility index (Phi) is 9.27. The molecule has 0 spiro atoms. The number of aromatic nitrogens is 2. The van der Waals surface area contributed by atoms with Crippen LogP contribution in [0.5, 0.6) is 0 Å². The van der Waals surface area contributed by atoms with Crippen molar-refractivity contribution in [2.75, 3.05) is 23.0 Å². The fraction of sp³-hybridized carbons (Fsp3) is 0.212. The first-order valence-electron chi connectivity index (χ1n) is 13.4. The van der Waals surface area contributed by atoms with Crippen molar-refractivity contribution >= 4 is 17.2 Å². The van der Waals surface area contributed by atoms with Gasteiger partial charge >= 0.3 is 0 Å². The van der Waals surface area contributed by atoms with Crippen LogP contribution >= 0.6 is 0 Å². The Labute approximate surface area is 235 Å². The van der Waals surface area contributed by atoms with Gasteiger partial charge in [0.05, 0.1) is 17.6 Å². The summed E-state index contributed by atoms with van der Waals surface area (Å²) < 4.78 is 28.7. The number of benzene rings is 2. The molecule has 2 aromatic carbocycles. The lowest BCUT2D eigenvalue weighted by molar-refractivity contribution is 0.628. The first-order chi connectivity index (χ1) is 19.3. The number of nitrogens with one attached hydrogen (secondary N) is 3. The maximum absolute atomic E-state index is 15.3. The van der Waals surface area contributed by atoms with E-state index in [2.05, 4.69) is 46.0 Å². The molecular weight excluding hydrogens is 504 g/mol. The monoisotopic (exact) mass is 539 g/mol. The zero-order valence-electron chi connectivity index (χ0n) is 23.2. The lowest BCUT2D eigenvalue weighted by Gasteiger charge is -2.17. The molecule has 4 aromatic rings. The molecule has 4 rings (SSSR count). The molecule has 0 aliphatic rings. The van der Waals surface area contributed by atoms with Crippen molar-refractivity contribution in [2.24, 2.45) is 0 Å². The van der Waals surface area contributed by atoms with Crippen molar-refractivity contribution in [3.05, 3.63) is 114 Å².